The smallest absolute Gasteiger partial charge is 0.0923 e. The van der Waals surface area contributed by atoms with Crippen LogP contribution in [0.5, 0.6) is 0 Å². The van der Waals surface area contributed by atoms with Gasteiger partial charge in [0, 0.05) is 11.6 Å². The molecule has 3 rings (SSSR count). The Balaban J connectivity index is 2.08. The molecule has 130 valence electrons. The maximum atomic E-state index is 10.9. The van der Waals surface area contributed by atoms with E-state index in [9.17, 15) is 5.11 Å². The van der Waals surface area contributed by atoms with E-state index in [1.54, 1.807) is 0 Å². The first-order chi connectivity index (χ1) is 12.1. The van der Waals surface area contributed by atoms with Crippen molar-refractivity contribution >= 4 is 22.4 Å². The van der Waals surface area contributed by atoms with Crippen molar-refractivity contribution in [2.75, 3.05) is 19.6 Å². The van der Waals surface area contributed by atoms with Crippen LogP contribution in [0.2, 0.25) is 5.02 Å². The molecule has 3 aromatic carbocycles. The molecule has 0 saturated carbocycles. The maximum Gasteiger partial charge on any atom is 0.0923 e. The molecule has 2 nitrogen and oxygen atoms in total. The average Bonchev–Trinajstić information content (AvgIpc) is 2.65. The van der Waals surface area contributed by atoms with Gasteiger partial charge in [0.25, 0.3) is 0 Å². The normalized spacial score (nSPS) is 12.7. The van der Waals surface area contributed by atoms with Gasteiger partial charge in [-0.25, -0.2) is 0 Å². The van der Waals surface area contributed by atoms with Crippen molar-refractivity contribution < 1.29 is 5.11 Å². The third-order valence-corrected chi connectivity index (χ3v) is 5.01. The minimum absolute atomic E-state index is 0.517. The summed E-state index contributed by atoms with van der Waals surface area (Å²) in [4.78, 5) is 2.24. The Morgan fingerprint density at radius 2 is 1.60 bits per heavy atom. The van der Waals surface area contributed by atoms with Gasteiger partial charge in [0.1, 0.15) is 0 Å². The highest BCUT2D eigenvalue weighted by molar-refractivity contribution is 6.30. The van der Waals surface area contributed by atoms with Crippen LogP contribution < -0.4 is 0 Å². The number of nitrogens with zero attached hydrogens (tertiary/aromatic N) is 1. The van der Waals surface area contributed by atoms with Gasteiger partial charge in [0.2, 0.25) is 0 Å². The van der Waals surface area contributed by atoms with Crippen molar-refractivity contribution in [2.45, 2.75) is 20.0 Å². The number of aliphatic hydroxyl groups is 1. The first kappa shape index (κ1) is 17.9. The van der Waals surface area contributed by atoms with Gasteiger partial charge in [-0.1, -0.05) is 61.8 Å². The summed E-state index contributed by atoms with van der Waals surface area (Å²) in [5.41, 5.74) is 3.19. The number of benzene rings is 3. The number of hydrogen-bond donors (Lipinski definition) is 1. The minimum atomic E-state index is -0.517. The zero-order valence-electron chi connectivity index (χ0n) is 14.7. The molecule has 0 aliphatic heterocycles. The van der Waals surface area contributed by atoms with E-state index in [1.165, 1.54) is 0 Å². The quantitative estimate of drug-likeness (QED) is 0.629. The van der Waals surface area contributed by atoms with Gasteiger partial charge in [-0.3, -0.25) is 0 Å². The van der Waals surface area contributed by atoms with Crippen LogP contribution in [0.25, 0.3) is 21.9 Å². The first-order valence-electron chi connectivity index (χ1n) is 8.81. The van der Waals surface area contributed by atoms with Crippen LogP contribution in [0, 0.1) is 0 Å². The van der Waals surface area contributed by atoms with Crippen LogP contribution in [-0.2, 0) is 0 Å². The number of fused-ring (bicyclic) bond motifs is 1. The lowest BCUT2D eigenvalue weighted by atomic mass is 9.94. The summed E-state index contributed by atoms with van der Waals surface area (Å²) >= 11 is 6.02. The van der Waals surface area contributed by atoms with Crippen molar-refractivity contribution in [1.29, 1.82) is 0 Å². The predicted octanol–water partition coefficient (Wildman–Crippen LogP) is 5.54. The largest absolute Gasteiger partial charge is 0.387 e. The van der Waals surface area contributed by atoms with E-state index in [1.807, 2.05) is 36.4 Å². The van der Waals surface area contributed by atoms with E-state index in [0.29, 0.717) is 6.54 Å². The van der Waals surface area contributed by atoms with Crippen molar-refractivity contribution in [2.24, 2.45) is 0 Å². The van der Waals surface area contributed by atoms with Gasteiger partial charge in [-0.05, 0) is 64.8 Å². The summed E-state index contributed by atoms with van der Waals surface area (Å²) in [6, 6.07) is 20.4. The molecule has 0 fully saturated rings. The zero-order chi connectivity index (χ0) is 17.8. The topological polar surface area (TPSA) is 23.5 Å². The second-order valence-electron chi connectivity index (χ2n) is 6.30. The summed E-state index contributed by atoms with van der Waals surface area (Å²) in [6.45, 7) is 6.75. The molecule has 0 aliphatic rings. The van der Waals surface area contributed by atoms with E-state index < -0.39 is 6.10 Å². The molecule has 0 aromatic heterocycles. The van der Waals surface area contributed by atoms with E-state index in [-0.39, 0.29) is 0 Å². The Hall–Kier alpha value is -1.87. The fraction of sp³-hybridized carbons (Fsp3) is 0.273. The Labute approximate surface area is 154 Å². The van der Waals surface area contributed by atoms with Gasteiger partial charge >= 0.3 is 0 Å². The Morgan fingerprint density at radius 1 is 0.920 bits per heavy atom. The van der Waals surface area contributed by atoms with Crippen LogP contribution in [0.4, 0.5) is 0 Å². The van der Waals surface area contributed by atoms with Crippen molar-refractivity contribution in [3.8, 4) is 11.1 Å². The number of likely N-dealkylation sites (N-methyl/N-ethyl adjacent to an activating group) is 1. The van der Waals surface area contributed by atoms with E-state index in [0.717, 1.165) is 45.6 Å². The van der Waals surface area contributed by atoms with E-state index >= 15 is 0 Å². The first-order valence-corrected chi connectivity index (χ1v) is 9.19. The number of hydrogen-bond acceptors (Lipinski definition) is 2. The van der Waals surface area contributed by atoms with Crippen LogP contribution in [0.3, 0.4) is 0 Å². The lowest BCUT2D eigenvalue weighted by Gasteiger charge is -2.23. The zero-order valence-corrected chi connectivity index (χ0v) is 15.5. The molecular formula is C22H24ClNO. The summed E-state index contributed by atoms with van der Waals surface area (Å²) in [7, 11) is 0. The molecule has 0 saturated heterocycles. The van der Waals surface area contributed by atoms with Crippen LogP contribution >= 0.6 is 11.6 Å². The third-order valence-electron chi connectivity index (χ3n) is 4.76. The SMILES string of the molecule is CCN(CC)CC(O)c1cc(-c2ccc(Cl)cc2)cc2ccccc12. The second kappa shape index (κ2) is 8.01. The molecule has 3 aromatic rings. The lowest BCUT2D eigenvalue weighted by Crippen LogP contribution is -2.28. The number of halogens is 1. The van der Waals surface area contributed by atoms with Crippen molar-refractivity contribution in [3.63, 3.8) is 0 Å². The molecule has 0 spiro atoms. The second-order valence-corrected chi connectivity index (χ2v) is 6.73. The Morgan fingerprint density at radius 3 is 2.28 bits per heavy atom. The molecule has 0 amide bonds. The van der Waals surface area contributed by atoms with Crippen LogP contribution in [0.15, 0.2) is 60.7 Å². The predicted molar refractivity (Wildman–Crippen MR) is 107 cm³/mol. The summed E-state index contributed by atoms with van der Waals surface area (Å²) in [6.07, 6.45) is -0.517. The van der Waals surface area contributed by atoms with Gasteiger partial charge in [0.15, 0.2) is 0 Å². The molecule has 1 unspecified atom stereocenters. The molecule has 0 radical (unpaired) electrons. The molecule has 0 heterocycles. The monoisotopic (exact) mass is 353 g/mol. The number of aliphatic hydroxyl groups excluding tert-OH is 1. The average molecular weight is 354 g/mol. The molecule has 0 bridgehead atoms. The molecule has 25 heavy (non-hydrogen) atoms. The molecular weight excluding hydrogens is 330 g/mol. The summed E-state index contributed by atoms with van der Waals surface area (Å²) < 4.78 is 0. The lowest BCUT2D eigenvalue weighted by molar-refractivity contribution is 0.120. The highest BCUT2D eigenvalue weighted by Crippen LogP contribution is 2.32. The van der Waals surface area contributed by atoms with Gasteiger partial charge in [-0.2, -0.15) is 0 Å². The van der Waals surface area contributed by atoms with E-state index in [4.69, 9.17) is 11.6 Å². The Bertz CT molecular complexity index is 840. The van der Waals surface area contributed by atoms with E-state index in [2.05, 4.69) is 43.0 Å². The fourth-order valence-corrected chi connectivity index (χ4v) is 3.38. The third kappa shape index (κ3) is 4.04. The van der Waals surface area contributed by atoms with Crippen LogP contribution in [0.1, 0.15) is 25.5 Å². The van der Waals surface area contributed by atoms with Crippen molar-refractivity contribution in [3.05, 3.63) is 71.2 Å². The highest BCUT2D eigenvalue weighted by Gasteiger charge is 2.16. The van der Waals surface area contributed by atoms with Gasteiger partial charge in [0.05, 0.1) is 6.10 Å². The van der Waals surface area contributed by atoms with Gasteiger partial charge in [-0.15, -0.1) is 0 Å². The molecule has 1 atom stereocenters. The standard InChI is InChI=1S/C22H24ClNO/c1-3-24(4-2)15-22(25)21-14-18(16-9-11-19(23)12-10-16)13-17-7-5-6-8-20(17)21/h5-14,22,25H,3-4,15H2,1-2H3. The fourth-order valence-electron chi connectivity index (χ4n) is 3.25. The molecule has 3 heteroatoms. The maximum absolute atomic E-state index is 10.9. The number of rotatable bonds is 6. The van der Waals surface area contributed by atoms with Crippen LogP contribution in [-0.4, -0.2) is 29.6 Å². The van der Waals surface area contributed by atoms with Crippen molar-refractivity contribution in [1.82, 2.24) is 4.90 Å². The minimum Gasteiger partial charge on any atom is -0.387 e. The molecule has 1 N–H and O–H groups in total. The van der Waals surface area contributed by atoms with Gasteiger partial charge < -0.3 is 10.0 Å². The summed E-state index contributed by atoms with van der Waals surface area (Å²) in [5, 5.41) is 13.9. The Kier molecular flexibility index (Phi) is 5.74. The highest BCUT2D eigenvalue weighted by atomic mass is 35.5. The summed E-state index contributed by atoms with van der Waals surface area (Å²) in [5.74, 6) is 0. The molecule has 0 aliphatic carbocycles.